The SMILES string of the molecule is CCN(Cc1cnc(C(F)(F)F)s1)C1CCCNCC1. The van der Waals surface area contributed by atoms with Crippen LogP contribution < -0.4 is 5.32 Å². The predicted molar refractivity (Wildman–Crippen MR) is 73.7 cm³/mol. The van der Waals surface area contributed by atoms with Crippen LogP contribution in [0.2, 0.25) is 0 Å². The van der Waals surface area contributed by atoms with Gasteiger partial charge in [0.2, 0.25) is 0 Å². The molecule has 1 saturated heterocycles. The fourth-order valence-electron chi connectivity index (χ4n) is 2.58. The Hall–Kier alpha value is -0.660. The average Bonchev–Trinajstić information content (AvgIpc) is 2.71. The molecule has 20 heavy (non-hydrogen) atoms. The normalized spacial score (nSPS) is 21.1. The topological polar surface area (TPSA) is 28.2 Å². The van der Waals surface area contributed by atoms with Crippen molar-refractivity contribution in [3.63, 3.8) is 0 Å². The Balaban J connectivity index is 2.00. The third-order valence-corrected chi connectivity index (χ3v) is 4.65. The van der Waals surface area contributed by atoms with Crippen LogP contribution in [-0.2, 0) is 12.7 Å². The Kier molecular flexibility index (Phi) is 5.40. The molecule has 114 valence electrons. The van der Waals surface area contributed by atoms with Crippen LogP contribution in [0, 0.1) is 0 Å². The molecule has 1 N–H and O–H groups in total. The van der Waals surface area contributed by atoms with Crippen LogP contribution in [0.15, 0.2) is 6.20 Å². The van der Waals surface area contributed by atoms with Gasteiger partial charge in [0.25, 0.3) is 0 Å². The summed E-state index contributed by atoms with van der Waals surface area (Å²) < 4.78 is 37.7. The molecule has 0 aromatic carbocycles. The van der Waals surface area contributed by atoms with E-state index < -0.39 is 11.2 Å². The van der Waals surface area contributed by atoms with E-state index in [1.54, 1.807) is 0 Å². The van der Waals surface area contributed by atoms with E-state index in [-0.39, 0.29) is 0 Å². The minimum absolute atomic E-state index is 0.450. The summed E-state index contributed by atoms with van der Waals surface area (Å²) >= 11 is 0.759. The number of nitrogens with zero attached hydrogens (tertiary/aromatic N) is 2. The Labute approximate surface area is 121 Å². The van der Waals surface area contributed by atoms with Gasteiger partial charge in [0.05, 0.1) is 0 Å². The summed E-state index contributed by atoms with van der Waals surface area (Å²) in [5.41, 5.74) is 0. The molecule has 1 atom stereocenters. The smallest absolute Gasteiger partial charge is 0.317 e. The van der Waals surface area contributed by atoms with Crippen LogP contribution >= 0.6 is 11.3 Å². The van der Waals surface area contributed by atoms with E-state index in [1.807, 2.05) is 0 Å². The predicted octanol–water partition coefficient (Wildman–Crippen LogP) is 3.13. The molecule has 2 rings (SSSR count). The number of hydrogen-bond donors (Lipinski definition) is 1. The molecule has 1 aliphatic heterocycles. The van der Waals surface area contributed by atoms with E-state index in [4.69, 9.17) is 0 Å². The lowest BCUT2D eigenvalue weighted by atomic mass is 10.1. The monoisotopic (exact) mass is 307 g/mol. The maximum atomic E-state index is 12.6. The van der Waals surface area contributed by atoms with Crippen molar-refractivity contribution < 1.29 is 13.2 Å². The van der Waals surface area contributed by atoms with Gasteiger partial charge in [-0.25, -0.2) is 4.98 Å². The Morgan fingerprint density at radius 2 is 2.20 bits per heavy atom. The number of halogens is 3. The van der Waals surface area contributed by atoms with Gasteiger partial charge in [-0.2, -0.15) is 13.2 Å². The lowest BCUT2D eigenvalue weighted by molar-refractivity contribution is -0.137. The molecule has 1 unspecified atom stereocenters. The van der Waals surface area contributed by atoms with Gasteiger partial charge in [-0.1, -0.05) is 6.92 Å². The molecule has 1 aromatic heterocycles. The summed E-state index contributed by atoms with van der Waals surface area (Å²) in [6.07, 6.45) is 0.319. The zero-order valence-electron chi connectivity index (χ0n) is 11.5. The van der Waals surface area contributed by atoms with E-state index in [1.165, 1.54) is 6.20 Å². The van der Waals surface area contributed by atoms with Gasteiger partial charge in [-0.05, 0) is 38.9 Å². The molecule has 1 aliphatic rings. The lowest BCUT2D eigenvalue weighted by Gasteiger charge is -2.29. The fourth-order valence-corrected chi connectivity index (χ4v) is 3.38. The molecule has 2 heterocycles. The number of aromatic nitrogens is 1. The second-order valence-corrected chi connectivity index (χ2v) is 6.14. The van der Waals surface area contributed by atoms with Gasteiger partial charge < -0.3 is 5.32 Å². The molecule has 0 aliphatic carbocycles. The first kappa shape index (κ1) is 15.7. The molecule has 1 fully saturated rings. The van der Waals surface area contributed by atoms with E-state index in [0.717, 1.165) is 50.2 Å². The Morgan fingerprint density at radius 3 is 2.85 bits per heavy atom. The summed E-state index contributed by atoms with van der Waals surface area (Å²) in [7, 11) is 0. The summed E-state index contributed by atoms with van der Waals surface area (Å²) in [6.45, 7) is 5.49. The summed E-state index contributed by atoms with van der Waals surface area (Å²) in [4.78, 5) is 6.45. The Morgan fingerprint density at radius 1 is 1.40 bits per heavy atom. The van der Waals surface area contributed by atoms with Crippen LogP contribution in [0.25, 0.3) is 0 Å². The second kappa shape index (κ2) is 6.87. The van der Waals surface area contributed by atoms with E-state index in [9.17, 15) is 13.2 Å². The van der Waals surface area contributed by atoms with Gasteiger partial charge in [-0.3, -0.25) is 4.90 Å². The molecular weight excluding hydrogens is 287 g/mol. The second-order valence-electron chi connectivity index (χ2n) is 5.03. The molecule has 0 spiro atoms. The first-order valence-corrected chi connectivity index (χ1v) is 7.79. The van der Waals surface area contributed by atoms with Crippen molar-refractivity contribution in [2.24, 2.45) is 0 Å². The zero-order chi connectivity index (χ0) is 14.6. The van der Waals surface area contributed by atoms with Crippen molar-refractivity contribution in [2.45, 2.75) is 44.9 Å². The number of alkyl halides is 3. The van der Waals surface area contributed by atoms with Crippen LogP contribution in [0.3, 0.4) is 0 Å². The van der Waals surface area contributed by atoms with Crippen molar-refractivity contribution in [3.05, 3.63) is 16.1 Å². The highest BCUT2D eigenvalue weighted by Gasteiger charge is 2.34. The highest BCUT2D eigenvalue weighted by Crippen LogP contribution is 2.33. The number of rotatable bonds is 4. The van der Waals surface area contributed by atoms with E-state index in [0.29, 0.717) is 17.5 Å². The number of thiazole rings is 1. The lowest BCUT2D eigenvalue weighted by Crippen LogP contribution is -2.35. The van der Waals surface area contributed by atoms with Crippen molar-refractivity contribution in [3.8, 4) is 0 Å². The molecular formula is C13H20F3N3S. The third-order valence-electron chi connectivity index (χ3n) is 3.62. The molecule has 0 amide bonds. The molecule has 0 bridgehead atoms. The molecule has 0 saturated carbocycles. The standard InChI is InChI=1S/C13H20F3N3S/c1-2-19(10-4-3-6-17-7-5-10)9-11-8-18-12(20-11)13(14,15)16/h8,10,17H,2-7,9H2,1H3. The van der Waals surface area contributed by atoms with Gasteiger partial charge >= 0.3 is 6.18 Å². The molecule has 0 radical (unpaired) electrons. The minimum Gasteiger partial charge on any atom is -0.317 e. The van der Waals surface area contributed by atoms with Crippen molar-refractivity contribution in [1.82, 2.24) is 15.2 Å². The third kappa shape index (κ3) is 4.17. The quantitative estimate of drug-likeness (QED) is 0.926. The summed E-state index contributed by atoms with van der Waals surface area (Å²) in [5, 5.41) is 2.61. The maximum Gasteiger partial charge on any atom is 0.443 e. The number of nitrogens with one attached hydrogen (secondary N) is 1. The van der Waals surface area contributed by atoms with E-state index >= 15 is 0 Å². The van der Waals surface area contributed by atoms with Gasteiger partial charge in [-0.15, -0.1) is 11.3 Å². The van der Waals surface area contributed by atoms with Crippen molar-refractivity contribution in [1.29, 1.82) is 0 Å². The van der Waals surface area contributed by atoms with Gasteiger partial charge in [0, 0.05) is 23.7 Å². The van der Waals surface area contributed by atoms with Crippen LogP contribution in [0.1, 0.15) is 36.1 Å². The highest BCUT2D eigenvalue weighted by molar-refractivity contribution is 7.11. The number of hydrogen-bond acceptors (Lipinski definition) is 4. The summed E-state index contributed by atoms with van der Waals surface area (Å²) in [5.74, 6) is 0. The van der Waals surface area contributed by atoms with Crippen LogP contribution in [0.4, 0.5) is 13.2 Å². The zero-order valence-corrected chi connectivity index (χ0v) is 12.4. The van der Waals surface area contributed by atoms with Gasteiger partial charge in [0.1, 0.15) is 0 Å². The average molecular weight is 307 g/mol. The molecule has 7 heteroatoms. The van der Waals surface area contributed by atoms with Crippen molar-refractivity contribution in [2.75, 3.05) is 19.6 Å². The molecule has 1 aromatic rings. The van der Waals surface area contributed by atoms with E-state index in [2.05, 4.69) is 22.1 Å². The first-order chi connectivity index (χ1) is 9.50. The molecule has 3 nitrogen and oxygen atoms in total. The highest BCUT2D eigenvalue weighted by atomic mass is 32.1. The van der Waals surface area contributed by atoms with Crippen LogP contribution in [-0.4, -0.2) is 35.6 Å². The van der Waals surface area contributed by atoms with Gasteiger partial charge in [0.15, 0.2) is 5.01 Å². The largest absolute Gasteiger partial charge is 0.443 e. The Bertz CT molecular complexity index is 411. The summed E-state index contributed by atoms with van der Waals surface area (Å²) in [6, 6.07) is 0.450. The maximum absolute atomic E-state index is 12.6. The van der Waals surface area contributed by atoms with Crippen LogP contribution in [0.5, 0.6) is 0 Å². The first-order valence-electron chi connectivity index (χ1n) is 6.97. The fraction of sp³-hybridized carbons (Fsp3) is 0.769. The minimum atomic E-state index is -4.33. The van der Waals surface area contributed by atoms with Crippen molar-refractivity contribution >= 4 is 11.3 Å².